The highest BCUT2D eigenvalue weighted by Crippen LogP contribution is 2.37. The summed E-state index contributed by atoms with van der Waals surface area (Å²) >= 11 is 3.88. The maximum absolute atomic E-state index is 11.0. The molecule has 0 bridgehead atoms. The van der Waals surface area contributed by atoms with E-state index < -0.39 is 4.92 Å². The van der Waals surface area contributed by atoms with Crippen molar-refractivity contribution >= 4 is 39.4 Å². The first-order valence-corrected chi connectivity index (χ1v) is 11.2. The summed E-state index contributed by atoms with van der Waals surface area (Å²) in [6.45, 7) is 6.53. The Morgan fingerprint density at radius 2 is 1.90 bits per heavy atom. The molecule has 1 aromatic carbocycles. The van der Waals surface area contributed by atoms with Gasteiger partial charge < -0.3 is 0 Å². The van der Waals surface area contributed by atoms with Gasteiger partial charge in [0.15, 0.2) is 10.2 Å². The van der Waals surface area contributed by atoms with Crippen LogP contribution >= 0.6 is 34.4 Å². The SMILES string of the molecule is CC(C)(C)c1ccc(-n2c(Sc3ncc([N+](=O)[O-])s3)nnc2-c2cccs2)cc1. The van der Waals surface area contributed by atoms with Gasteiger partial charge >= 0.3 is 5.00 Å². The monoisotopic (exact) mass is 443 g/mol. The van der Waals surface area contributed by atoms with E-state index >= 15 is 0 Å². The number of benzene rings is 1. The lowest BCUT2D eigenvalue weighted by atomic mass is 9.87. The van der Waals surface area contributed by atoms with E-state index in [9.17, 15) is 10.1 Å². The number of nitrogens with zero attached hydrogens (tertiary/aromatic N) is 5. The summed E-state index contributed by atoms with van der Waals surface area (Å²) in [5.41, 5.74) is 2.22. The first kappa shape index (κ1) is 19.7. The lowest BCUT2D eigenvalue weighted by molar-refractivity contribution is -0.380. The van der Waals surface area contributed by atoms with Gasteiger partial charge in [-0.2, -0.15) is 0 Å². The van der Waals surface area contributed by atoms with Gasteiger partial charge in [-0.1, -0.05) is 39.0 Å². The molecular formula is C19H17N5O2S3. The molecule has 0 N–H and O–H groups in total. The van der Waals surface area contributed by atoms with Crippen molar-refractivity contribution in [2.45, 2.75) is 35.7 Å². The van der Waals surface area contributed by atoms with Crippen LogP contribution in [-0.4, -0.2) is 24.7 Å². The highest BCUT2D eigenvalue weighted by Gasteiger charge is 2.21. The van der Waals surface area contributed by atoms with Crippen LogP contribution < -0.4 is 0 Å². The molecule has 0 saturated heterocycles. The fraction of sp³-hybridized carbons (Fsp3) is 0.211. The molecule has 4 aromatic rings. The second kappa shape index (κ2) is 7.69. The van der Waals surface area contributed by atoms with E-state index in [-0.39, 0.29) is 10.4 Å². The van der Waals surface area contributed by atoms with Gasteiger partial charge in [-0.3, -0.25) is 14.7 Å². The van der Waals surface area contributed by atoms with E-state index in [1.54, 1.807) is 11.3 Å². The Morgan fingerprint density at radius 3 is 2.48 bits per heavy atom. The van der Waals surface area contributed by atoms with Gasteiger partial charge in [0.2, 0.25) is 5.16 Å². The zero-order valence-electron chi connectivity index (χ0n) is 15.9. The molecule has 0 amide bonds. The predicted molar refractivity (Wildman–Crippen MR) is 116 cm³/mol. The standard InChI is InChI=1S/C19H17N5O2S3/c1-19(2,3)12-6-8-13(9-7-12)23-16(14-5-4-10-27-14)21-22-17(23)29-18-20-11-15(28-18)24(25)26/h4-11H,1-3H3. The zero-order valence-corrected chi connectivity index (χ0v) is 18.3. The van der Waals surface area contributed by atoms with Crippen LogP contribution in [0.5, 0.6) is 0 Å². The van der Waals surface area contributed by atoms with Crippen LogP contribution in [0.15, 0.2) is 57.5 Å². The molecular weight excluding hydrogens is 426 g/mol. The smallest absolute Gasteiger partial charge is 0.269 e. The normalized spacial score (nSPS) is 11.7. The third-order valence-electron chi connectivity index (χ3n) is 4.20. The van der Waals surface area contributed by atoms with Gasteiger partial charge in [0.25, 0.3) is 0 Å². The summed E-state index contributed by atoms with van der Waals surface area (Å²) in [6.07, 6.45) is 1.27. The number of nitro groups is 1. The minimum absolute atomic E-state index is 0.00609. The molecule has 0 saturated carbocycles. The van der Waals surface area contributed by atoms with Crippen molar-refractivity contribution in [3.8, 4) is 16.4 Å². The molecule has 10 heteroatoms. The molecule has 0 aliphatic rings. The Kier molecular flexibility index (Phi) is 5.24. The molecule has 3 aromatic heterocycles. The minimum atomic E-state index is -0.436. The van der Waals surface area contributed by atoms with Crippen molar-refractivity contribution in [1.29, 1.82) is 0 Å². The van der Waals surface area contributed by atoms with Crippen LogP contribution in [0.1, 0.15) is 26.3 Å². The van der Waals surface area contributed by atoms with E-state index in [4.69, 9.17) is 0 Å². The van der Waals surface area contributed by atoms with Crippen LogP contribution in [0.4, 0.5) is 5.00 Å². The van der Waals surface area contributed by atoms with Crippen molar-refractivity contribution < 1.29 is 4.92 Å². The van der Waals surface area contributed by atoms with Gasteiger partial charge in [-0.25, -0.2) is 4.98 Å². The van der Waals surface area contributed by atoms with Gasteiger partial charge in [-0.15, -0.1) is 21.5 Å². The second-order valence-electron chi connectivity index (χ2n) is 7.24. The summed E-state index contributed by atoms with van der Waals surface area (Å²) in [7, 11) is 0. The average Bonchev–Trinajstić information content (AvgIpc) is 3.42. The van der Waals surface area contributed by atoms with Crippen molar-refractivity contribution in [3.63, 3.8) is 0 Å². The predicted octanol–water partition coefficient (Wildman–Crippen LogP) is 5.81. The Morgan fingerprint density at radius 1 is 1.14 bits per heavy atom. The number of rotatable bonds is 5. The third kappa shape index (κ3) is 4.09. The van der Waals surface area contributed by atoms with Crippen molar-refractivity contribution in [1.82, 2.24) is 19.7 Å². The molecule has 0 unspecified atom stereocenters. The maximum Gasteiger partial charge on any atom is 0.344 e. The Labute approximate surface area is 179 Å². The highest BCUT2D eigenvalue weighted by atomic mass is 32.2. The first-order valence-electron chi connectivity index (χ1n) is 8.71. The first-order chi connectivity index (χ1) is 13.8. The van der Waals surface area contributed by atoms with E-state index in [0.29, 0.717) is 9.50 Å². The van der Waals surface area contributed by atoms with Gasteiger partial charge in [-0.05, 0) is 57.7 Å². The third-order valence-corrected chi connectivity index (χ3v) is 7.03. The number of hydrogen-bond donors (Lipinski definition) is 0. The van der Waals surface area contributed by atoms with Crippen molar-refractivity contribution in [3.05, 3.63) is 63.7 Å². The van der Waals surface area contributed by atoms with E-state index in [0.717, 1.165) is 27.7 Å². The molecule has 3 heterocycles. The summed E-state index contributed by atoms with van der Waals surface area (Å²) in [6, 6.07) is 12.3. The largest absolute Gasteiger partial charge is 0.344 e. The van der Waals surface area contributed by atoms with Crippen molar-refractivity contribution in [2.24, 2.45) is 0 Å². The second-order valence-corrected chi connectivity index (χ2v) is 10.4. The fourth-order valence-corrected chi connectivity index (χ4v) is 5.14. The maximum atomic E-state index is 11.0. The van der Waals surface area contributed by atoms with Gasteiger partial charge in [0, 0.05) is 5.69 Å². The molecule has 0 aliphatic carbocycles. The highest BCUT2D eigenvalue weighted by molar-refractivity contribution is 8.01. The topological polar surface area (TPSA) is 86.7 Å². The average molecular weight is 444 g/mol. The molecule has 7 nitrogen and oxygen atoms in total. The Hall–Kier alpha value is -2.56. The molecule has 0 spiro atoms. The number of hydrogen-bond acceptors (Lipinski definition) is 8. The molecule has 29 heavy (non-hydrogen) atoms. The lowest BCUT2D eigenvalue weighted by Gasteiger charge is -2.19. The molecule has 148 valence electrons. The number of thiazole rings is 1. The number of thiophene rings is 1. The van der Waals surface area contributed by atoms with E-state index in [1.165, 1.54) is 23.5 Å². The summed E-state index contributed by atoms with van der Waals surface area (Å²) in [5, 5.41) is 22.3. The van der Waals surface area contributed by atoms with Crippen LogP contribution in [0.25, 0.3) is 16.4 Å². The Balaban J connectivity index is 1.77. The Bertz CT molecular complexity index is 1140. The van der Waals surface area contributed by atoms with Crippen molar-refractivity contribution in [2.75, 3.05) is 0 Å². The quantitative estimate of drug-likeness (QED) is 0.286. The van der Waals surface area contributed by atoms with Gasteiger partial charge in [0.1, 0.15) is 6.20 Å². The molecule has 0 fully saturated rings. The molecule has 0 radical (unpaired) electrons. The zero-order chi connectivity index (χ0) is 20.6. The molecule has 0 atom stereocenters. The van der Waals surface area contributed by atoms with Gasteiger partial charge in [0.05, 0.1) is 9.80 Å². The number of aromatic nitrogens is 4. The molecule has 0 aliphatic heterocycles. The van der Waals surface area contributed by atoms with Crippen LogP contribution in [0, 0.1) is 10.1 Å². The van der Waals surface area contributed by atoms with Crippen LogP contribution in [0.3, 0.4) is 0 Å². The minimum Gasteiger partial charge on any atom is -0.269 e. The summed E-state index contributed by atoms with van der Waals surface area (Å²) in [5.74, 6) is 0.733. The molecule has 4 rings (SSSR count). The van der Waals surface area contributed by atoms with E-state index in [1.807, 2.05) is 22.1 Å². The lowest BCUT2D eigenvalue weighted by Crippen LogP contribution is -2.11. The summed E-state index contributed by atoms with van der Waals surface area (Å²) in [4.78, 5) is 15.7. The summed E-state index contributed by atoms with van der Waals surface area (Å²) < 4.78 is 2.52. The fourth-order valence-electron chi connectivity index (χ4n) is 2.70. The van der Waals surface area contributed by atoms with Crippen LogP contribution in [-0.2, 0) is 5.41 Å². The van der Waals surface area contributed by atoms with E-state index in [2.05, 4.69) is 60.2 Å². The van der Waals surface area contributed by atoms with Crippen LogP contribution in [0.2, 0.25) is 0 Å².